The van der Waals surface area contributed by atoms with Crippen LogP contribution < -0.4 is 10.2 Å². The fraction of sp³-hybridized carbons (Fsp3) is 0.455. The second kappa shape index (κ2) is 7.90. The molecule has 2 fully saturated rings. The van der Waals surface area contributed by atoms with E-state index in [4.69, 9.17) is 0 Å². The van der Waals surface area contributed by atoms with Crippen molar-refractivity contribution in [3.63, 3.8) is 0 Å². The summed E-state index contributed by atoms with van der Waals surface area (Å²) in [4.78, 5) is 9.97. The van der Waals surface area contributed by atoms with Gasteiger partial charge in [-0.15, -0.1) is 11.8 Å². The van der Waals surface area contributed by atoms with Crippen molar-refractivity contribution in [2.45, 2.75) is 43.3 Å². The lowest BCUT2D eigenvalue weighted by atomic mass is 9.89. The summed E-state index contributed by atoms with van der Waals surface area (Å²) in [5.74, 6) is -2.53. The van der Waals surface area contributed by atoms with E-state index in [0.717, 1.165) is 11.2 Å². The van der Waals surface area contributed by atoms with Crippen LogP contribution in [-0.4, -0.2) is 35.2 Å². The Kier molecular flexibility index (Phi) is 5.63. The number of halogens is 5. The Morgan fingerprint density at radius 1 is 1.22 bits per heavy atom. The van der Waals surface area contributed by atoms with Crippen LogP contribution in [0.5, 0.6) is 0 Å². The van der Waals surface area contributed by atoms with Crippen molar-refractivity contribution >= 4 is 29.0 Å². The summed E-state index contributed by atoms with van der Waals surface area (Å²) in [5, 5.41) is 3.79. The third kappa shape index (κ3) is 4.04. The van der Waals surface area contributed by atoms with Crippen molar-refractivity contribution in [2.24, 2.45) is 5.41 Å². The highest BCUT2D eigenvalue weighted by Gasteiger charge is 2.64. The first-order chi connectivity index (χ1) is 15.0. The molecule has 0 aromatic carbocycles. The molecule has 4 rings (SSSR count). The summed E-state index contributed by atoms with van der Waals surface area (Å²) in [6.45, 7) is 5.41. The number of alkyl halides is 5. The predicted molar refractivity (Wildman–Crippen MR) is 116 cm³/mol. The van der Waals surface area contributed by atoms with Crippen molar-refractivity contribution in [3.05, 3.63) is 47.8 Å². The molecule has 1 saturated heterocycles. The van der Waals surface area contributed by atoms with Gasteiger partial charge < -0.3 is 10.2 Å². The molecule has 1 N–H and O–H groups in total. The van der Waals surface area contributed by atoms with Crippen LogP contribution in [-0.2, 0) is 6.18 Å². The number of hydrogen-bond acceptors (Lipinski definition) is 5. The molecule has 1 aliphatic heterocycles. The van der Waals surface area contributed by atoms with Gasteiger partial charge in [-0.05, 0) is 43.7 Å². The van der Waals surface area contributed by atoms with Gasteiger partial charge in [-0.2, -0.15) is 13.2 Å². The quantitative estimate of drug-likeness (QED) is 0.414. The third-order valence-electron chi connectivity index (χ3n) is 6.28. The lowest BCUT2D eigenvalue weighted by molar-refractivity contribution is -0.138. The van der Waals surface area contributed by atoms with E-state index in [1.165, 1.54) is 18.7 Å². The number of pyridine rings is 2. The standard InChI is InChI=1S/C22H23F5N4S/c1-13-16(22(25,26)27)11-29-19(31-9-7-21(23,24)20(12-31)5-6-20)18(13)14(2)30-15-4-8-28-17(10-15)32-3/h4,8,10-11H,2,5-7,9,12H2,1,3H3,(H,28,30). The van der Waals surface area contributed by atoms with Gasteiger partial charge >= 0.3 is 6.18 Å². The number of aromatic nitrogens is 2. The Balaban J connectivity index is 1.74. The molecule has 2 aromatic rings. The van der Waals surface area contributed by atoms with E-state index in [1.807, 2.05) is 6.26 Å². The molecule has 32 heavy (non-hydrogen) atoms. The summed E-state index contributed by atoms with van der Waals surface area (Å²) >= 11 is 1.43. The smallest absolute Gasteiger partial charge is 0.355 e. The molecule has 3 heterocycles. The van der Waals surface area contributed by atoms with Gasteiger partial charge in [0.1, 0.15) is 5.82 Å². The average Bonchev–Trinajstić information content (AvgIpc) is 3.50. The molecular weight excluding hydrogens is 447 g/mol. The van der Waals surface area contributed by atoms with Crippen molar-refractivity contribution in [1.29, 1.82) is 0 Å². The first-order valence-corrected chi connectivity index (χ1v) is 11.4. The van der Waals surface area contributed by atoms with E-state index in [9.17, 15) is 22.0 Å². The average molecular weight is 471 g/mol. The largest absolute Gasteiger partial charge is 0.418 e. The molecular formula is C22H23F5N4S. The van der Waals surface area contributed by atoms with Crippen LogP contribution in [0.15, 0.2) is 36.1 Å². The van der Waals surface area contributed by atoms with E-state index in [2.05, 4.69) is 21.9 Å². The van der Waals surface area contributed by atoms with Crippen molar-refractivity contribution < 1.29 is 22.0 Å². The molecule has 0 atom stereocenters. The third-order valence-corrected chi connectivity index (χ3v) is 6.92. The molecule has 0 amide bonds. The van der Waals surface area contributed by atoms with Gasteiger partial charge in [0.25, 0.3) is 5.92 Å². The molecule has 0 unspecified atom stereocenters. The van der Waals surface area contributed by atoms with Gasteiger partial charge in [0.15, 0.2) is 0 Å². The Hall–Kier alpha value is -2.36. The second-order valence-corrected chi connectivity index (χ2v) is 9.17. The van der Waals surface area contributed by atoms with Crippen molar-refractivity contribution in [3.8, 4) is 0 Å². The number of piperidine rings is 1. The van der Waals surface area contributed by atoms with Crippen LogP contribution in [0.3, 0.4) is 0 Å². The molecule has 0 bridgehead atoms. The maximum absolute atomic E-state index is 14.4. The minimum Gasteiger partial charge on any atom is -0.355 e. The molecule has 2 aliphatic rings. The lowest BCUT2D eigenvalue weighted by Crippen LogP contribution is -2.49. The normalized spacial score (nSPS) is 19.2. The fourth-order valence-corrected chi connectivity index (χ4v) is 4.68. The Morgan fingerprint density at radius 2 is 1.94 bits per heavy atom. The van der Waals surface area contributed by atoms with Crippen LogP contribution in [0.25, 0.3) is 5.70 Å². The van der Waals surface area contributed by atoms with Gasteiger partial charge in [0, 0.05) is 48.9 Å². The van der Waals surface area contributed by atoms with Crippen LogP contribution in [0.1, 0.15) is 36.0 Å². The minimum absolute atomic E-state index is 0.0126. The first kappa shape index (κ1) is 22.8. The zero-order chi connectivity index (χ0) is 23.3. The number of nitrogens with one attached hydrogen (secondary N) is 1. The van der Waals surface area contributed by atoms with Gasteiger partial charge in [-0.1, -0.05) is 6.58 Å². The van der Waals surface area contributed by atoms with Crippen LogP contribution in [0.2, 0.25) is 0 Å². The SMILES string of the molecule is C=C(Nc1ccnc(SC)c1)c1c(N2CCC(F)(F)C3(CC3)C2)ncc(C(F)(F)F)c1C. The molecule has 1 saturated carbocycles. The van der Waals surface area contributed by atoms with E-state index < -0.39 is 23.1 Å². The summed E-state index contributed by atoms with van der Waals surface area (Å²) in [6, 6.07) is 3.44. The number of nitrogens with zero attached hydrogens (tertiary/aromatic N) is 3. The number of rotatable bonds is 5. The zero-order valence-corrected chi connectivity index (χ0v) is 18.5. The van der Waals surface area contributed by atoms with E-state index in [-0.39, 0.29) is 42.2 Å². The number of anilines is 2. The van der Waals surface area contributed by atoms with Gasteiger partial charge in [0.05, 0.1) is 16.0 Å². The maximum atomic E-state index is 14.4. The zero-order valence-electron chi connectivity index (χ0n) is 17.7. The van der Waals surface area contributed by atoms with E-state index >= 15 is 0 Å². The van der Waals surface area contributed by atoms with Gasteiger partial charge in [0.2, 0.25) is 0 Å². The summed E-state index contributed by atoms with van der Waals surface area (Å²) < 4.78 is 69.7. The molecule has 4 nitrogen and oxygen atoms in total. The van der Waals surface area contributed by atoms with Crippen molar-refractivity contribution in [1.82, 2.24) is 9.97 Å². The van der Waals surface area contributed by atoms with Crippen LogP contribution >= 0.6 is 11.8 Å². The van der Waals surface area contributed by atoms with Crippen LogP contribution in [0, 0.1) is 12.3 Å². The monoisotopic (exact) mass is 470 g/mol. The Labute approximate surface area is 187 Å². The molecule has 1 aliphatic carbocycles. The Bertz CT molecular complexity index is 1050. The summed E-state index contributed by atoms with van der Waals surface area (Å²) in [6.07, 6.45) is 0.0860. The molecule has 172 valence electrons. The highest BCUT2D eigenvalue weighted by Crippen LogP contribution is 2.60. The second-order valence-electron chi connectivity index (χ2n) is 8.34. The number of hydrogen-bond donors (Lipinski definition) is 1. The molecule has 10 heteroatoms. The lowest BCUT2D eigenvalue weighted by Gasteiger charge is -2.40. The summed E-state index contributed by atoms with van der Waals surface area (Å²) in [7, 11) is 0. The fourth-order valence-electron chi connectivity index (χ4n) is 4.27. The van der Waals surface area contributed by atoms with Gasteiger partial charge in [-0.3, -0.25) is 0 Å². The van der Waals surface area contributed by atoms with E-state index in [0.29, 0.717) is 18.5 Å². The Morgan fingerprint density at radius 3 is 2.56 bits per heavy atom. The highest BCUT2D eigenvalue weighted by atomic mass is 32.2. The first-order valence-electron chi connectivity index (χ1n) is 10.1. The topological polar surface area (TPSA) is 41.1 Å². The van der Waals surface area contributed by atoms with Crippen LogP contribution in [0.4, 0.5) is 33.5 Å². The van der Waals surface area contributed by atoms with E-state index in [1.54, 1.807) is 23.2 Å². The molecule has 1 spiro atoms. The van der Waals surface area contributed by atoms with Crippen molar-refractivity contribution in [2.75, 3.05) is 29.6 Å². The number of thioether (sulfide) groups is 1. The summed E-state index contributed by atoms with van der Waals surface area (Å²) in [5.41, 5.74) is -1.02. The maximum Gasteiger partial charge on any atom is 0.418 e. The molecule has 2 aromatic heterocycles. The molecule has 0 radical (unpaired) electrons. The highest BCUT2D eigenvalue weighted by molar-refractivity contribution is 7.98. The van der Waals surface area contributed by atoms with Gasteiger partial charge in [-0.25, -0.2) is 18.7 Å². The predicted octanol–water partition coefficient (Wildman–Crippen LogP) is 6.23. The minimum atomic E-state index is -4.60.